The lowest BCUT2D eigenvalue weighted by Gasteiger charge is -2.17. The molecule has 0 spiro atoms. The van der Waals surface area contributed by atoms with E-state index in [2.05, 4.69) is 0 Å². The second-order valence-electron chi connectivity index (χ2n) is 4.40. The highest BCUT2D eigenvalue weighted by Gasteiger charge is 2.37. The quantitative estimate of drug-likeness (QED) is 0.627. The second-order valence-corrected chi connectivity index (χ2v) is 5.19. The smallest absolute Gasteiger partial charge is 0.266 e. The van der Waals surface area contributed by atoms with Gasteiger partial charge in [-0.3, -0.25) is 14.4 Å². The van der Waals surface area contributed by atoms with Crippen LogP contribution in [0.2, 0.25) is 10.0 Å². The summed E-state index contributed by atoms with van der Waals surface area (Å²) in [7, 11) is 0. The lowest BCUT2D eigenvalue weighted by Crippen LogP contribution is -2.30. The average Bonchev–Trinajstić information content (AvgIpc) is 2.74. The molecule has 0 aromatic heterocycles. The Kier molecular flexibility index (Phi) is 3.27. The van der Waals surface area contributed by atoms with Gasteiger partial charge in [0.25, 0.3) is 11.8 Å². The van der Waals surface area contributed by atoms with Crippen molar-refractivity contribution < 1.29 is 14.4 Å². The number of amides is 2. The van der Waals surface area contributed by atoms with E-state index < -0.39 is 11.8 Å². The SMILES string of the molecule is O=Cc1c(N2C(=O)c3ccccc3C2=O)ccc(Cl)c1Cl. The van der Waals surface area contributed by atoms with E-state index in [1.807, 2.05) is 0 Å². The van der Waals surface area contributed by atoms with Gasteiger partial charge in [-0.1, -0.05) is 35.3 Å². The van der Waals surface area contributed by atoms with Crippen LogP contribution in [-0.2, 0) is 0 Å². The monoisotopic (exact) mass is 319 g/mol. The number of imide groups is 1. The number of carbonyl (C=O) groups is 3. The van der Waals surface area contributed by atoms with Crippen LogP contribution in [0.25, 0.3) is 0 Å². The van der Waals surface area contributed by atoms with Gasteiger partial charge in [0.1, 0.15) is 0 Å². The molecule has 0 aliphatic carbocycles. The van der Waals surface area contributed by atoms with E-state index in [-0.39, 0.29) is 21.3 Å². The van der Waals surface area contributed by atoms with Crippen molar-refractivity contribution >= 4 is 47.0 Å². The number of hydrogen-bond donors (Lipinski definition) is 0. The minimum absolute atomic E-state index is 0.0127. The van der Waals surface area contributed by atoms with Gasteiger partial charge in [-0.15, -0.1) is 0 Å². The third-order valence-corrected chi connectivity index (χ3v) is 4.08. The Bertz CT molecular complexity index is 767. The molecule has 1 heterocycles. The molecule has 0 bridgehead atoms. The molecule has 0 unspecified atom stereocenters. The fraction of sp³-hybridized carbons (Fsp3) is 0. The molecule has 0 saturated heterocycles. The third-order valence-electron chi connectivity index (χ3n) is 3.26. The van der Waals surface area contributed by atoms with Crippen molar-refractivity contribution in [2.24, 2.45) is 0 Å². The molecule has 0 fully saturated rings. The molecule has 0 N–H and O–H groups in total. The number of halogens is 2. The lowest BCUT2D eigenvalue weighted by atomic mass is 10.1. The van der Waals surface area contributed by atoms with E-state index in [0.29, 0.717) is 17.4 Å². The minimum Gasteiger partial charge on any atom is -0.298 e. The van der Waals surface area contributed by atoms with E-state index in [1.165, 1.54) is 12.1 Å². The topological polar surface area (TPSA) is 54.5 Å². The molecule has 0 saturated carbocycles. The minimum atomic E-state index is -0.489. The van der Waals surface area contributed by atoms with Crippen LogP contribution in [0.15, 0.2) is 36.4 Å². The molecule has 21 heavy (non-hydrogen) atoms. The number of hydrogen-bond acceptors (Lipinski definition) is 3. The number of anilines is 1. The molecule has 1 aliphatic heterocycles. The molecule has 2 aromatic rings. The van der Waals surface area contributed by atoms with E-state index in [0.717, 1.165) is 4.90 Å². The lowest BCUT2D eigenvalue weighted by molar-refractivity contribution is 0.0926. The summed E-state index contributed by atoms with van der Waals surface area (Å²) in [6.07, 6.45) is 0.479. The van der Waals surface area contributed by atoms with E-state index >= 15 is 0 Å². The number of fused-ring (bicyclic) bond motifs is 1. The van der Waals surface area contributed by atoms with Gasteiger partial charge in [-0.25, -0.2) is 4.90 Å². The number of benzene rings is 2. The van der Waals surface area contributed by atoms with Gasteiger partial charge in [0, 0.05) is 0 Å². The van der Waals surface area contributed by atoms with Crippen LogP contribution >= 0.6 is 23.2 Å². The maximum atomic E-state index is 12.4. The molecule has 0 atom stereocenters. The number of aldehydes is 1. The van der Waals surface area contributed by atoms with Crippen molar-refractivity contribution in [1.82, 2.24) is 0 Å². The van der Waals surface area contributed by atoms with Crippen molar-refractivity contribution in [2.75, 3.05) is 4.90 Å². The summed E-state index contributed by atoms with van der Waals surface area (Å²) in [6, 6.07) is 9.34. The molecular weight excluding hydrogens is 313 g/mol. The summed E-state index contributed by atoms with van der Waals surface area (Å²) in [4.78, 5) is 37.0. The zero-order valence-electron chi connectivity index (χ0n) is 10.5. The van der Waals surface area contributed by atoms with Gasteiger partial charge in [0.05, 0.1) is 32.4 Å². The summed E-state index contributed by atoms with van der Waals surface area (Å²) >= 11 is 11.8. The molecule has 3 rings (SSSR count). The first-order chi connectivity index (χ1) is 10.1. The molecule has 0 radical (unpaired) electrons. The Balaban J connectivity index is 2.20. The highest BCUT2D eigenvalue weighted by Crippen LogP contribution is 2.36. The first-order valence-corrected chi connectivity index (χ1v) is 6.73. The summed E-state index contributed by atoms with van der Waals surface area (Å²) in [5.41, 5.74) is 0.736. The summed E-state index contributed by atoms with van der Waals surface area (Å²) in [6.45, 7) is 0. The summed E-state index contributed by atoms with van der Waals surface area (Å²) < 4.78 is 0. The van der Waals surface area contributed by atoms with Gasteiger partial charge in [-0.2, -0.15) is 0 Å². The third kappa shape index (κ3) is 1.95. The normalized spacial score (nSPS) is 13.5. The average molecular weight is 320 g/mol. The van der Waals surface area contributed by atoms with Crippen LogP contribution in [0.4, 0.5) is 5.69 Å². The van der Waals surface area contributed by atoms with Crippen LogP contribution in [0.1, 0.15) is 31.1 Å². The second kappa shape index (κ2) is 4.98. The molecule has 4 nitrogen and oxygen atoms in total. The van der Waals surface area contributed by atoms with Gasteiger partial charge in [0.2, 0.25) is 0 Å². The van der Waals surface area contributed by atoms with Gasteiger partial charge in [0.15, 0.2) is 6.29 Å². The Hall–Kier alpha value is -2.17. The van der Waals surface area contributed by atoms with Crippen LogP contribution in [-0.4, -0.2) is 18.1 Å². The van der Waals surface area contributed by atoms with Crippen LogP contribution < -0.4 is 4.90 Å². The van der Waals surface area contributed by atoms with Crippen molar-refractivity contribution in [3.8, 4) is 0 Å². The van der Waals surface area contributed by atoms with Crippen molar-refractivity contribution in [3.05, 3.63) is 63.1 Å². The summed E-state index contributed by atoms with van der Waals surface area (Å²) in [5.74, 6) is -0.978. The van der Waals surface area contributed by atoms with Gasteiger partial charge >= 0.3 is 0 Å². The van der Waals surface area contributed by atoms with Gasteiger partial charge in [-0.05, 0) is 24.3 Å². The standard InChI is InChI=1S/C15H7Cl2NO3/c16-11-5-6-12(10(7-19)13(11)17)18-14(20)8-3-1-2-4-9(8)15(18)21/h1-7H. The molecule has 2 amide bonds. The first kappa shape index (κ1) is 13.8. The van der Waals surface area contributed by atoms with Gasteiger partial charge < -0.3 is 0 Å². The highest BCUT2D eigenvalue weighted by atomic mass is 35.5. The Morgan fingerprint density at radius 3 is 2.00 bits per heavy atom. The van der Waals surface area contributed by atoms with Crippen LogP contribution in [0, 0.1) is 0 Å². The van der Waals surface area contributed by atoms with E-state index in [9.17, 15) is 14.4 Å². The molecule has 104 valence electrons. The van der Waals surface area contributed by atoms with Crippen LogP contribution in [0.3, 0.4) is 0 Å². The highest BCUT2D eigenvalue weighted by molar-refractivity contribution is 6.44. The Morgan fingerprint density at radius 1 is 0.905 bits per heavy atom. The van der Waals surface area contributed by atoms with E-state index in [4.69, 9.17) is 23.2 Å². The fourth-order valence-corrected chi connectivity index (χ4v) is 2.64. The predicted molar refractivity (Wildman–Crippen MR) is 79.4 cm³/mol. The fourth-order valence-electron chi connectivity index (χ4n) is 2.27. The maximum Gasteiger partial charge on any atom is 0.266 e. The number of carbonyl (C=O) groups excluding carboxylic acids is 3. The van der Waals surface area contributed by atoms with Crippen molar-refractivity contribution in [1.29, 1.82) is 0 Å². The Morgan fingerprint density at radius 2 is 1.48 bits per heavy atom. The number of nitrogens with zero attached hydrogens (tertiary/aromatic N) is 1. The van der Waals surface area contributed by atoms with E-state index in [1.54, 1.807) is 24.3 Å². The van der Waals surface area contributed by atoms with Crippen molar-refractivity contribution in [3.63, 3.8) is 0 Å². The molecule has 2 aromatic carbocycles. The first-order valence-electron chi connectivity index (χ1n) is 5.97. The summed E-state index contributed by atoms with van der Waals surface area (Å²) in [5, 5.41) is 0.194. The number of rotatable bonds is 2. The maximum absolute atomic E-state index is 12.4. The molecular formula is C15H7Cl2NO3. The van der Waals surface area contributed by atoms with Crippen LogP contribution in [0.5, 0.6) is 0 Å². The largest absolute Gasteiger partial charge is 0.298 e. The molecule has 6 heteroatoms. The molecule has 1 aliphatic rings. The Labute approximate surface area is 129 Å². The van der Waals surface area contributed by atoms with Crippen molar-refractivity contribution in [2.45, 2.75) is 0 Å². The predicted octanol–water partition coefficient (Wildman–Crippen LogP) is 3.61. The zero-order valence-corrected chi connectivity index (χ0v) is 12.0. The zero-order chi connectivity index (χ0) is 15.1.